The van der Waals surface area contributed by atoms with Crippen LogP contribution in [0.2, 0.25) is 0 Å². The lowest BCUT2D eigenvalue weighted by Crippen LogP contribution is -2.49. The number of amides is 1. The van der Waals surface area contributed by atoms with Crippen molar-refractivity contribution in [2.24, 2.45) is 5.92 Å². The van der Waals surface area contributed by atoms with Crippen molar-refractivity contribution >= 4 is 35.4 Å². The van der Waals surface area contributed by atoms with E-state index in [0.717, 1.165) is 31.4 Å². The number of carboxylic acids is 1. The lowest BCUT2D eigenvalue weighted by Gasteiger charge is -2.29. The Morgan fingerprint density at radius 1 is 1.17 bits per heavy atom. The molecule has 3 fully saturated rings. The van der Waals surface area contributed by atoms with Crippen LogP contribution in [0.4, 0.5) is 0 Å². The van der Waals surface area contributed by atoms with Crippen LogP contribution >= 0.6 is 23.5 Å². The third kappa shape index (κ3) is 2.25. The second kappa shape index (κ2) is 4.96. The van der Waals surface area contributed by atoms with Gasteiger partial charge in [0, 0.05) is 5.75 Å². The quantitative estimate of drug-likeness (QED) is 0.855. The van der Waals surface area contributed by atoms with Gasteiger partial charge < -0.3 is 10.0 Å². The van der Waals surface area contributed by atoms with Crippen molar-refractivity contribution in [2.45, 2.75) is 42.3 Å². The van der Waals surface area contributed by atoms with E-state index < -0.39 is 12.0 Å². The van der Waals surface area contributed by atoms with Crippen molar-refractivity contribution in [1.82, 2.24) is 4.90 Å². The summed E-state index contributed by atoms with van der Waals surface area (Å²) in [7, 11) is 0. The number of nitrogens with zero attached hydrogens (tertiary/aromatic N) is 1. The molecule has 3 unspecified atom stereocenters. The Kier molecular flexibility index (Phi) is 3.49. The van der Waals surface area contributed by atoms with Gasteiger partial charge in [0.1, 0.15) is 6.04 Å². The highest BCUT2D eigenvalue weighted by Crippen LogP contribution is 2.46. The molecule has 2 aliphatic heterocycles. The average Bonchev–Trinajstić information content (AvgIpc) is 2.91. The predicted molar refractivity (Wildman–Crippen MR) is 72.7 cm³/mol. The Labute approximate surface area is 115 Å². The molecule has 3 rings (SSSR count). The number of carbonyl (C=O) groups is 2. The molecular weight excluding hydrogens is 270 g/mol. The van der Waals surface area contributed by atoms with E-state index in [0.29, 0.717) is 11.7 Å². The van der Waals surface area contributed by atoms with Crippen molar-refractivity contribution in [2.75, 3.05) is 11.5 Å². The van der Waals surface area contributed by atoms with Gasteiger partial charge in [-0.3, -0.25) is 4.79 Å². The zero-order chi connectivity index (χ0) is 12.7. The molecular formula is C12H17NO3S2. The summed E-state index contributed by atoms with van der Waals surface area (Å²) in [5, 5.41) is 9.41. The first-order valence-corrected chi connectivity index (χ1v) is 8.56. The molecule has 0 aromatic rings. The fourth-order valence-electron chi connectivity index (χ4n) is 2.68. The third-order valence-corrected chi connectivity index (χ3v) is 6.63. The van der Waals surface area contributed by atoms with Crippen LogP contribution < -0.4 is 0 Å². The van der Waals surface area contributed by atoms with Crippen LogP contribution in [0.15, 0.2) is 0 Å². The van der Waals surface area contributed by atoms with Crippen molar-refractivity contribution < 1.29 is 14.7 Å². The predicted octanol–water partition coefficient (Wildman–Crippen LogP) is 1.65. The molecule has 4 nitrogen and oxygen atoms in total. The maximum Gasteiger partial charge on any atom is 0.327 e. The molecule has 6 heteroatoms. The van der Waals surface area contributed by atoms with Crippen LogP contribution in [0.25, 0.3) is 0 Å². The lowest BCUT2D eigenvalue weighted by atomic mass is 10.2. The van der Waals surface area contributed by atoms with Crippen LogP contribution in [-0.4, -0.2) is 50.1 Å². The minimum Gasteiger partial charge on any atom is -0.480 e. The maximum atomic E-state index is 12.5. The van der Waals surface area contributed by atoms with Crippen LogP contribution in [0, 0.1) is 5.92 Å². The fraction of sp³-hybridized carbons (Fsp3) is 0.833. The van der Waals surface area contributed by atoms with Crippen molar-refractivity contribution in [3.63, 3.8) is 0 Å². The number of rotatable bonds is 3. The number of aliphatic carboxylic acids is 1. The van der Waals surface area contributed by atoms with E-state index in [1.165, 1.54) is 0 Å². The lowest BCUT2D eigenvalue weighted by molar-refractivity contribution is -0.149. The number of carboxylic acid groups (broad SMARTS) is 1. The smallest absolute Gasteiger partial charge is 0.327 e. The van der Waals surface area contributed by atoms with Gasteiger partial charge in [-0.05, 0) is 37.4 Å². The zero-order valence-electron chi connectivity index (χ0n) is 10.1. The summed E-state index contributed by atoms with van der Waals surface area (Å²) in [5.74, 6) is 1.35. The molecule has 0 spiro atoms. The summed E-state index contributed by atoms with van der Waals surface area (Å²) in [6.45, 7) is 0. The highest BCUT2D eigenvalue weighted by Gasteiger charge is 2.49. The highest BCUT2D eigenvalue weighted by atomic mass is 32.2. The molecule has 1 N–H and O–H groups in total. The van der Waals surface area contributed by atoms with Crippen LogP contribution in [0.5, 0.6) is 0 Å². The van der Waals surface area contributed by atoms with E-state index in [2.05, 4.69) is 0 Å². The first kappa shape index (κ1) is 12.7. The maximum absolute atomic E-state index is 12.5. The highest BCUT2D eigenvalue weighted by molar-refractivity contribution is 8.01. The van der Waals surface area contributed by atoms with Crippen LogP contribution in [-0.2, 0) is 9.59 Å². The molecule has 100 valence electrons. The number of hydrogen-bond acceptors (Lipinski definition) is 4. The summed E-state index contributed by atoms with van der Waals surface area (Å²) < 4.78 is 0. The van der Waals surface area contributed by atoms with Gasteiger partial charge in [0.25, 0.3) is 0 Å². The van der Waals surface area contributed by atoms with Gasteiger partial charge >= 0.3 is 5.97 Å². The van der Waals surface area contributed by atoms with Gasteiger partial charge in [0.05, 0.1) is 10.6 Å². The van der Waals surface area contributed by atoms with Crippen LogP contribution in [0.3, 0.4) is 0 Å². The first-order chi connectivity index (χ1) is 8.68. The van der Waals surface area contributed by atoms with Gasteiger partial charge in [-0.25, -0.2) is 4.79 Å². The SMILES string of the molecule is O=C(O)C1CSC(C2CC2)N1C(=O)C1CCCS1. The van der Waals surface area contributed by atoms with E-state index in [9.17, 15) is 14.7 Å². The molecule has 1 amide bonds. The summed E-state index contributed by atoms with van der Waals surface area (Å²) in [4.78, 5) is 25.5. The summed E-state index contributed by atoms with van der Waals surface area (Å²) in [5.41, 5.74) is 0. The van der Waals surface area contributed by atoms with Crippen molar-refractivity contribution in [1.29, 1.82) is 0 Å². The second-order valence-electron chi connectivity index (χ2n) is 5.16. The summed E-state index contributed by atoms with van der Waals surface area (Å²) in [6, 6.07) is -0.602. The molecule has 0 radical (unpaired) electrons. The van der Waals surface area contributed by atoms with E-state index in [1.54, 1.807) is 28.4 Å². The average molecular weight is 287 g/mol. The van der Waals surface area contributed by atoms with Crippen molar-refractivity contribution in [3.05, 3.63) is 0 Å². The molecule has 0 aromatic heterocycles. The van der Waals surface area contributed by atoms with E-state index in [1.807, 2.05) is 0 Å². The Hall–Kier alpha value is -0.360. The minimum absolute atomic E-state index is 0.00630. The molecule has 0 bridgehead atoms. The van der Waals surface area contributed by atoms with E-state index in [4.69, 9.17) is 0 Å². The van der Waals surface area contributed by atoms with E-state index >= 15 is 0 Å². The molecule has 18 heavy (non-hydrogen) atoms. The zero-order valence-corrected chi connectivity index (χ0v) is 11.7. The van der Waals surface area contributed by atoms with Gasteiger partial charge in [-0.15, -0.1) is 23.5 Å². The molecule has 1 aliphatic carbocycles. The fourth-order valence-corrected chi connectivity index (χ4v) is 5.53. The molecule has 3 atom stereocenters. The Morgan fingerprint density at radius 2 is 1.94 bits per heavy atom. The van der Waals surface area contributed by atoms with Gasteiger partial charge in [-0.1, -0.05) is 0 Å². The number of thioether (sulfide) groups is 2. The first-order valence-electron chi connectivity index (χ1n) is 6.46. The van der Waals surface area contributed by atoms with Crippen LogP contribution in [0.1, 0.15) is 25.7 Å². The Bertz CT molecular complexity index is 366. The Balaban J connectivity index is 1.78. The van der Waals surface area contributed by atoms with E-state index in [-0.39, 0.29) is 16.5 Å². The number of carbonyl (C=O) groups excluding carboxylic acids is 1. The van der Waals surface area contributed by atoms with Crippen molar-refractivity contribution in [3.8, 4) is 0 Å². The largest absolute Gasteiger partial charge is 0.480 e. The van der Waals surface area contributed by atoms with Gasteiger partial charge in [-0.2, -0.15) is 0 Å². The molecule has 3 aliphatic rings. The monoisotopic (exact) mass is 287 g/mol. The normalized spacial score (nSPS) is 36.0. The summed E-state index contributed by atoms with van der Waals surface area (Å²) in [6.07, 6.45) is 4.28. The number of hydrogen-bond donors (Lipinski definition) is 1. The summed E-state index contributed by atoms with van der Waals surface area (Å²) >= 11 is 3.35. The topological polar surface area (TPSA) is 57.6 Å². The molecule has 2 saturated heterocycles. The van der Waals surface area contributed by atoms with Gasteiger partial charge in [0.15, 0.2) is 0 Å². The second-order valence-corrected chi connectivity index (χ2v) is 7.62. The molecule has 1 saturated carbocycles. The molecule has 0 aromatic carbocycles. The third-order valence-electron chi connectivity index (χ3n) is 3.80. The Morgan fingerprint density at radius 3 is 2.50 bits per heavy atom. The molecule has 2 heterocycles. The van der Waals surface area contributed by atoms with Gasteiger partial charge in [0.2, 0.25) is 5.91 Å². The minimum atomic E-state index is -0.845. The standard InChI is InChI=1S/C12H17NO3S2/c14-10(9-2-1-5-17-9)13-8(12(15)16)6-18-11(13)7-3-4-7/h7-9,11H,1-6H2,(H,15,16).